The minimum absolute atomic E-state index is 0.126. The van der Waals surface area contributed by atoms with Gasteiger partial charge < -0.3 is 20.1 Å². The van der Waals surface area contributed by atoms with Crippen LogP contribution >= 0.6 is 11.6 Å². The Morgan fingerprint density at radius 1 is 1.11 bits per heavy atom. The monoisotopic (exact) mass is 390 g/mol. The molecule has 5 nitrogen and oxygen atoms in total. The highest BCUT2D eigenvalue weighted by Gasteiger charge is 2.13. The van der Waals surface area contributed by atoms with Crippen molar-refractivity contribution in [3.63, 3.8) is 0 Å². The zero-order valence-electron chi connectivity index (χ0n) is 16.3. The summed E-state index contributed by atoms with van der Waals surface area (Å²) in [5, 5.41) is 6.04. The molecule has 0 aromatic heterocycles. The number of urea groups is 1. The van der Waals surface area contributed by atoms with Gasteiger partial charge in [0.25, 0.3) is 0 Å². The van der Waals surface area contributed by atoms with E-state index in [0.29, 0.717) is 36.0 Å². The Kier molecular flexibility index (Phi) is 7.36. The van der Waals surface area contributed by atoms with E-state index < -0.39 is 0 Å². The maximum Gasteiger partial charge on any atom is 0.319 e. The number of methoxy groups -OCH3 is 1. The summed E-state index contributed by atoms with van der Waals surface area (Å²) in [6, 6.07) is 12.9. The van der Waals surface area contributed by atoms with Crippen molar-refractivity contribution in [1.29, 1.82) is 0 Å². The van der Waals surface area contributed by atoms with Gasteiger partial charge in [0.05, 0.1) is 19.4 Å². The van der Waals surface area contributed by atoms with Crippen LogP contribution in [0.1, 0.15) is 32.8 Å². The number of benzene rings is 2. The van der Waals surface area contributed by atoms with E-state index in [-0.39, 0.29) is 11.4 Å². The van der Waals surface area contributed by atoms with E-state index >= 15 is 0 Å². The molecule has 2 aromatic carbocycles. The number of hydrogen-bond donors (Lipinski definition) is 2. The molecule has 0 fully saturated rings. The Morgan fingerprint density at radius 2 is 1.81 bits per heavy atom. The predicted molar refractivity (Wildman–Crippen MR) is 110 cm³/mol. The van der Waals surface area contributed by atoms with Crippen LogP contribution in [-0.2, 0) is 5.41 Å². The fraction of sp³-hybridized carbons (Fsp3) is 0.381. The topological polar surface area (TPSA) is 59.6 Å². The molecule has 0 atom stereocenters. The van der Waals surface area contributed by atoms with Gasteiger partial charge in [-0.25, -0.2) is 4.79 Å². The van der Waals surface area contributed by atoms with Crippen LogP contribution in [-0.4, -0.2) is 26.3 Å². The van der Waals surface area contributed by atoms with Crippen LogP contribution < -0.4 is 20.1 Å². The molecule has 0 saturated heterocycles. The first-order chi connectivity index (χ1) is 12.8. The minimum atomic E-state index is -0.315. The SMILES string of the molecule is COc1ccc(Cl)cc1NC(=O)NCCCOc1ccc(C(C)(C)C)cc1. The third-order valence-corrected chi connectivity index (χ3v) is 4.24. The first-order valence-corrected chi connectivity index (χ1v) is 9.29. The molecule has 0 radical (unpaired) electrons. The molecule has 0 spiro atoms. The van der Waals surface area contributed by atoms with Gasteiger partial charge in [0.15, 0.2) is 0 Å². The van der Waals surface area contributed by atoms with Crippen LogP contribution in [0.25, 0.3) is 0 Å². The molecule has 0 aliphatic heterocycles. The van der Waals surface area contributed by atoms with Crippen molar-refractivity contribution >= 4 is 23.3 Å². The second-order valence-corrected chi connectivity index (χ2v) is 7.64. The summed E-state index contributed by atoms with van der Waals surface area (Å²) in [5.74, 6) is 1.38. The normalized spacial score (nSPS) is 11.0. The summed E-state index contributed by atoms with van der Waals surface area (Å²) in [6.07, 6.45) is 0.696. The van der Waals surface area contributed by atoms with Gasteiger partial charge >= 0.3 is 6.03 Å². The van der Waals surface area contributed by atoms with Crippen LogP contribution in [0.15, 0.2) is 42.5 Å². The van der Waals surface area contributed by atoms with Gasteiger partial charge in [-0.15, -0.1) is 0 Å². The quantitative estimate of drug-likeness (QED) is 0.636. The molecule has 0 saturated carbocycles. The van der Waals surface area contributed by atoms with Gasteiger partial charge in [0.1, 0.15) is 11.5 Å². The lowest BCUT2D eigenvalue weighted by Crippen LogP contribution is -2.30. The summed E-state index contributed by atoms with van der Waals surface area (Å²) in [5.41, 5.74) is 1.92. The second kappa shape index (κ2) is 9.51. The lowest BCUT2D eigenvalue weighted by molar-refractivity contribution is 0.250. The van der Waals surface area contributed by atoms with Crippen molar-refractivity contribution in [1.82, 2.24) is 5.32 Å². The predicted octanol–water partition coefficient (Wildman–Crippen LogP) is 5.24. The van der Waals surface area contributed by atoms with Crippen LogP contribution in [0.3, 0.4) is 0 Å². The highest BCUT2D eigenvalue weighted by molar-refractivity contribution is 6.31. The second-order valence-electron chi connectivity index (χ2n) is 7.20. The van der Waals surface area contributed by atoms with Crippen LogP contribution in [0.5, 0.6) is 11.5 Å². The molecule has 2 rings (SSSR count). The molecule has 0 aliphatic carbocycles. The van der Waals surface area contributed by atoms with E-state index in [9.17, 15) is 4.79 Å². The van der Waals surface area contributed by atoms with Crippen molar-refractivity contribution < 1.29 is 14.3 Å². The Hall–Kier alpha value is -2.40. The van der Waals surface area contributed by atoms with Gasteiger partial charge in [-0.05, 0) is 47.7 Å². The zero-order valence-corrected chi connectivity index (χ0v) is 17.0. The number of hydrogen-bond acceptors (Lipinski definition) is 3. The lowest BCUT2D eigenvalue weighted by Gasteiger charge is -2.19. The van der Waals surface area contributed by atoms with Crippen molar-refractivity contribution in [3.8, 4) is 11.5 Å². The molecule has 6 heteroatoms. The van der Waals surface area contributed by atoms with Crippen molar-refractivity contribution in [2.45, 2.75) is 32.6 Å². The first kappa shape index (κ1) is 20.9. The number of halogens is 1. The number of carbonyl (C=O) groups is 1. The Balaban J connectivity index is 1.71. The smallest absolute Gasteiger partial charge is 0.319 e. The number of rotatable bonds is 7. The fourth-order valence-corrected chi connectivity index (χ4v) is 2.63. The van der Waals surface area contributed by atoms with Gasteiger partial charge in [-0.2, -0.15) is 0 Å². The molecule has 0 unspecified atom stereocenters. The third-order valence-electron chi connectivity index (χ3n) is 4.01. The molecule has 0 aliphatic rings. The number of carbonyl (C=O) groups excluding carboxylic acids is 1. The molecular weight excluding hydrogens is 364 g/mol. The number of anilines is 1. The summed E-state index contributed by atoms with van der Waals surface area (Å²) in [6.45, 7) is 7.56. The Labute approximate surface area is 166 Å². The average molecular weight is 391 g/mol. The van der Waals surface area contributed by atoms with E-state index in [1.807, 2.05) is 12.1 Å². The van der Waals surface area contributed by atoms with Crippen LogP contribution in [0, 0.1) is 0 Å². The minimum Gasteiger partial charge on any atom is -0.495 e. The lowest BCUT2D eigenvalue weighted by atomic mass is 9.87. The summed E-state index contributed by atoms with van der Waals surface area (Å²) in [4.78, 5) is 12.0. The van der Waals surface area contributed by atoms with Crippen molar-refractivity contribution in [2.24, 2.45) is 0 Å². The largest absolute Gasteiger partial charge is 0.495 e. The number of ether oxygens (including phenoxy) is 2. The van der Waals surface area contributed by atoms with Gasteiger partial charge in [-0.1, -0.05) is 44.5 Å². The van der Waals surface area contributed by atoms with E-state index in [1.165, 1.54) is 12.7 Å². The van der Waals surface area contributed by atoms with E-state index in [2.05, 4.69) is 43.5 Å². The highest BCUT2D eigenvalue weighted by atomic mass is 35.5. The molecule has 2 aromatic rings. The maximum absolute atomic E-state index is 12.0. The molecule has 2 amide bonds. The van der Waals surface area contributed by atoms with Crippen LogP contribution in [0.2, 0.25) is 5.02 Å². The molecule has 0 bridgehead atoms. The highest BCUT2D eigenvalue weighted by Crippen LogP contribution is 2.27. The maximum atomic E-state index is 12.0. The van der Waals surface area contributed by atoms with Crippen LogP contribution in [0.4, 0.5) is 10.5 Å². The van der Waals surface area contributed by atoms with Crippen molar-refractivity contribution in [2.75, 3.05) is 25.6 Å². The Bertz CT molecular complexity index is 755. The fourth-order valence-electron chi connectivity index (χ4n) is 2.46. The summed E-state index contributed by atoms with van der Waals surface area (Å²) < 4.78 is 10.9. The number of amides is 2. The number of nitrogens with one attached hydrogen (secondary N) is 2. The van der Waals surface area contributed by atoms with Gasteiger partial charge in [0.2, 0.25) is 0 Å². The molecular formula is C21H27ClN2O3. The first-order valence-electron chi connectivity index (χ1n) is 8.91. The molecule has 0 heterocycles. The third kappa shape index (κ3) is 6.68. The summed E-state index contributed by atoms with van der Waals surface area (Å²) in [7, 11) is 1.54. The van der Waals surface area contributed by atoms with Crippen molar-refractivity contribution in [3.05, 3.63) is 53.1 Å². The average Bonchev–Trinajstić information content (AvgIpc) is 2.61. The molecule has 27 heavy (non-hydrogen) atoms. The molecule has 146 valence electrons. The van der Waals surface area contributed by atoms with Gasteiger partial charge in [-0.3, -0.25) is 0 Å². The van der Waals surface area contributed by atoms with Gasteiger partial charge in [0, 0.05) is 11.6 Å². The van der Waals surface area contributed by atoms with E-state index in [0.717, 1.165) is 5.75 Å². The summed E-state index contributed by atoms with van der Waals surface area (Å²) >= 11 is 5.95. The van der Waals surface area contributed by atoms with E-state index in [1.54, 1.807) is 18.2 Å². The zero-order chi connectivity index (χ0) is 19.9. The molecule has 2 N–H and O–H groups in total. The Morgan fingerprint density at radius 3 is 2.44 bits per heavy atom. The van der Waals surface area contributed by atoms with E-state index in [4.69, 9.17) is 21.1 Å². The standard InChI is InChI=1S/C21H27ClN2O3/c1-21(2,3)15-6-9-17(10-7-15)27-13-5-12-23-20(25)24-18-14-16(22)8-11-19(18)26-4/h6-11,14H,5,12-13H2,1-4H3,(H2,23,24,25).